The first-order chi connectivity index (χ1) is 16.2. The molecule has 1 saturated heterocycles. The van der Waals surface area contributed by atoms with Gasteiger partial charge in [0.15, 0.2) is 11.0 Å². The number of para-hydroxylation sites is 1. The number of likely N-dealkylation sites (tertiary alicyclic amines) is 1. The van der Waals surface area contributed by atoms with Gasteiger partial charge in [-0.25, -0.2) is 4.98 Å². The Morgan fingerprint density at radius 1 is 1.12 bits per heavy atom. The van der Waals surface area contributed by atoms with E-state index in [1.807, 2.05) is 57.3 Å². The highest BCUT2D eigenvalue weighted by molar-refractivity contribution is 7.98. The number of nitrogens with zero attached hydrogens (tertiary/aromatic N) is 6. The summed E-state index contributed by atoms with van der Waals surface area (Å²) in [5.74, 6) is 2.09. The van der Waals surface area contributed by atoms with Gasteiger partial charge in [0.1, 0.15) is 10.7 Å². The van der Waals surface area contributed by atoms with Gasteiger partial charge in [0.2, 0.25) is 0 Å². The Morgan fingerprint density at radius 2 is 1.94 bits per heavy atom. The molecule has 3 aromatic heterocycles. The van der Waals surface area contributed by atoms with Crippen LogP contribution >= 0.6 is 23.1 Å². The Balaban J connectivity index is 1.34. The lowest BCUT2D eigenvalue weighted by molar-refractivity contribution is 0.0692. The number of thiazole rings is 1. The molecule has 7 nitrogen and oxygen atoms in total. The summed E-state index contributed by atoms with van der Waals surface area (Å²) in [6.45, 7) is 3.88. The smallest absolute Gasteiger partial charge is 0.273 e. The summed E-state index contributed by atoms with van der Waals surface area (Å²) >= 11 is 3.08. The summed E-state index contributed by atoms with van der Waals surface area (Å²) < 4.78 is 2.04. The number of rotatable bonds is 6. The van der Waals surface area contributed by atoms with Crippen LogP contribution in [0.3, 0.4) is 0 Å². The van der Waals surface area contributed by atoms with Crippen molar-refractivity contribution < 1.29 is 4.79 Å². The van der Waals surface area contributed by atoms with Gasteiger partial charge in [-0.15, -0.1) is 21.5 Å². The number of benzene rings is 1. The molecular formula is C24H24N6OS2. The predicted molar refractivity (Wildman–Crippen MR) is 131 cm³/mol. The summed E-state index contributed by atoms with van der Waals surface area (Å²) in [4.78, 5) is 23.6. The van der Waals surface area contributed by atoms with E-state index in [1.165, 1.54) is 11.3 Å². The van der Waals surface area contributed by atoms with E-state index in [-0.39, 0.29) is 5.91 Å². The zero-order chi connectivity index (χ0) is 22.6. The van der Waals surface area contributed by atoms with Gasteiger partial charge in [0.05, 0.1) is 5.75 Å². The van der Waals surface area contributed by atoms with Crippen LogP contribution in [0.4, 0.5) is 0 Å². The van der Waals surface area contributed by atoms with Crippen molar-refractivity contribution >= 4 is 29.0 Å². The Kier molecular flexibility index (Phi) is 6.50. The van der Waals surface area contributed by atoms with Gasteiger partial charge in [-0.05, 0) is 43.0 Å². The molecular weight excluding hydrogens is 452 g/mol. The number of carbonyl (C=O) groups excluding carboxylic acids is 1. The van der Waals surface area contributed by atoms with Gasteiger partial charge >= 0.3 is 0 Å². The lowest BCUT2D eigenvalue weighted by Crippen LogP contribution is -2.38. The van der Waals surface area contributed by atoms with Crippen LogP contribution in [0.2, 0.25) is 0 Å². The van der Waals surface area contributed by atoms with Crippen LogP contribution in [0, 0.1) is 5.92 Å². The van der Waals surface area contributed by atoms with Crippen LogP contribution in [0.15, 0.2) is 65.4 Å². The van der Waals surface area contributed by atoms with Crippen molar-refractivity contribution in [2.75, 3.05) is 13.1 Å². The minimum absolute atomic E-state index is 0.0423. The van der Waals surface area contributed by atoms with Gasteiger partial charge in [-0.1, -0.05) is 36.9 Å². The van der Waals surface area contributed by atoms with Crippen molar-refractivity contribution in [3.05, 3.63) is 70.9 Å². The predicted octanol–water partition coefficient (Wildman–Crippen LogP) is 4.95. The Bertz CT molecular complexity index is 1220. The molecule has 0 atom stereocenters. The molecule has 0 bridgehead atoms. The van der Waals surface area contributed by atoms with Crippen molar-refractivity contribution in [1.82, 2.24) is 29.6 Å². The number of hydrogen-bond donors (Lipinski definition) is 0. The molecule has 33 heavy (non-hydrogen) atoms. The van der Waals surface area contributed by atoms with Crippen LogP contribution in [-0.4, -0.2) is 48.6 Å². The van der Waals surface area contributed by atoms with Crippen LogP contribution in [0.5, 0.6) is 0 Å². The molecule has 0 aliphatic carbocycles. The van der Waals surface area contributed by atoms with Crippen molar-refractivity contribution in [3.63, 3.8) is 0 Å². The van der Waals surface area contributed by atoms with Gasteiger partial charge in [-0.2, -0.15) is 0 Å². The third-order valence-electron chi connectivity index (χ3n) is 5.73. The fourth-order valence-electron chi connectivity index (χ4n) is 3.83. The Labute approximate surface area is 200 Å². The number of aromatic nitrogens is 5. The van der Waals surface area contributed by atoms with E-state index >= 15 is 0 Å². The molecule has 0 saturated carbocycles. The minimum Gasteiger partial charge on any atom is -0.337 e. The van der Waals surface area contributed by atoms with E-state index in [0.717, 1.165) is 53.2 Å². The molecule has 168 valence electrons. The lowest BCUT2D eigenvalue weighted by Gasteiger charge is -2.29. The molecule has 1 aromatic carbocycles. The molecule has 1 aliphatic rings. The molecule has 0 spiro atoms. The largest absolute Gasteiger partial charge is 0.337 e. The molecule has 9 heteroatoms. The van der Waals surface area contributed by atoms with Crippen LogP contribution in [0.1, 0.15) is 35.3 Å². The van der Waals surface area contributed by atoms with E-state index in [2.05, 4.69) is 27.1 Å². The number of amides is 1. The number of pyridine rings is 1. The lowest BCUT2D eigenvalue weighted by atomic mass is 9.99. The average molecular weight is 477 g/mol. The normalized spacial score (nSPS) is 14.5. The van der Waals surface area contributed by atoms with E-state index in [0.29, 0.717) is 17.4 Å². The summed E-state index contributed by atoms with van der Waals surface area (Å²) in [5.41, 5.74) is 2.43. The molecule has 0 N–H and O–H groups in total. The van der Waals surface area contributed by atoms with Crippen LogP contribution < -0.4 is 0 Å². The summed E-state index contributed by atoms with van der Waals surface area (Å²) in [5, 5.41) is 12.5. The van der Waals surface area contributed by atoms with E-state index < -0.39 is 0 Å². The monoisotopic (exact) mass is 476 g/mol. The van der Waals surface area contributed by atoms with Gasteiger partial charge in [-0.3, -0.25) is 14.3 Å². The van der Waals surface area contributed by atoms with Crippen molar-refractivity contribution in [2.24, 2.45) is 5.92 Å². The van der Waals surface area contributed by atoms with Gasteiger partial charge in [0.25, 0.3) is 5.91 Å². The summed E-state index contributed by atoms with van der Waals surface area (Å²) in [6.07, 6.45) is 5.66. The second-order valence-electron chi connectivity index (χ2n) is 8.11. The number of thioether (sulfide) groups is 1. The van der Waals surface area contributed by atoms with Crippen LogP contribution in [0.25, 0.3) is 17.1 Å². The molecule has 4 heterocycles. The van der Waals surface area contributed by atoms with Gasteiger partial charge in [0, 0.05) is 42.1 Å². The maximum Gasteiger partial charge on any atom is 0.273 e. The molecule has 0 radical (unpaired) electrons. The molecule has 1 amide bonds. The van der Waals surface area contributed by atoms with Crippen LogP contribution in [-0.2, 0) is 5.75 Å². The van der Waals surface area contributed by atoms with E-state index in [4.69, 9.17) is 0 Å². The van der Waals surface area contributed by atoms with Crippen molar-refractivity contribution in [3.8, 4) is 17.1 Å². The first-order valence-electron chi connectivity index (χ1n) is 11.0. The maximum atomic E-state index is 12.8. The topological polar surface area (TPSA) is 76.8 Å². The van der Waals surface area contributed by atoms with Crippen molar-refractivity contribution in [2.45, 2.75) is 30.7 Å². The zero-order valence-corrected chi connectivity index (χ0v) is 19.9. The standard InChI is InChI=1S/C24H24N6OS2/c1-17-9-12-29(13-10-17)23(31)20-15-32-21(26-20)16-33-24-28-27-22(18-6-5-11-25-14-18)30(24)19-7-3-2-4-8-19/h2-8,11,14-15,17H,9-10,12-13,16H2,1H3. The average Bonchev–Trinajstić information content (AvgIpc) is 3.51. The minimum atomic E-state index is 0.0423. The fourth-order valence-corrected chi connectivity index (χ4v) is 5.57. The molecule has 4 aromatic rings. The first kappa shape index (κ1) is 21.8. The summed E-state index contributed by atoms with van der Waals surface area (Å²) in [7, 11) is 0. The first-order valence-corrected chi connectivity index (χ1v) is 12.8. The number of piperidine rings is 1. The third kappa shape index (κ3) is 4.84. The second kappa shape index (κ2) is 9.84. The highest BCUT2D eigenvalue weighted by Gasteiger charge is 2.23. The highest BCUT2D eigenvalue weighted by Crippen LogP contribution is 2.30. The zero-order valence-electron chi connectivity index (χ0n) is 18.3. The van der Waals surface area contributed by atoms with Gasteiger partial charge < -0.3 is 4.90 Å². The highest BCUT2D eigenvalue weighted by atomic mass is 32.2. The molecule has 0 unspecified atom stereocenters. The fraction of sp³-hybridized carbons (Fsp3) is 0.292. The number of hydrogen-bond acceptors (Lipinski definition) is 7. The Morgan fingerprint density at radius 3 is 2.70 bits per heavy atom. The van der Waals surface area contributed by atoms with E-state index in [9.17, 15) is 4.79 Å². The molecule has 1 fully saturated rings. The number of carbonyl (C=O) groups is 1. The summed E-state index contributed by atoms with van der Waals surface area (Å²) in [6, 6.07) is 13.9. The Hall–Kier alpha value is -3.04. The van der Waals surface area contributed by atoms with Crippen molar-refractivity contribution in [1.29, 1.82) is 0 Å². The molecule has 1 aliphatic heterocycles. The molecule has 5 rings (SSSR count). The quantitative estimate of drug-likeness (QED) is 0.367. The van der Waals surface area contributed by atoms with E-state index in [1.54, 1.807) is 24.2 Å². The SMILES string of the molecule is CC1CCN(C(=O)c2csc(CSc3nnc(-c4cccnc4)n3-c3ccccc3)n2)CC1. The maximum absolute atomic E-state index is 12.8. The third-order valence-corrected chi connectivity index (χ3v) is 7.71. The second-order valence-corrected chi connectivity index (χ2v) is 9.99.